The van der Waals surface area contributed by atoms with Crippen molar-refractivity contribution in [2.75, 3.05) is 7.11 Å². The predicted molar refractivity (Wildman–Crippen MR) is 65.0 cm³/mol. The van der Waals surface area contributed by atoms with Crippen LogP contribution in [-0.2, 0) is 6.54 Å². The summed E-state index contributed by atoms with van der Waals surface area (Å²) in [6, 6.07) is 7.43. The van der Waals surface area contributed by atoms with Crippen LogP contribution in [0.4, 0.5) is 0 Å². The molecule has 90 valence electrons. The molecule has 0 amide bonds. The van der Waals surface area contributed by atoms with Crippen LogP contribution in [0.3, 0.4) is 0 Å². The lowest BCUT2D eigenvalue weighted by Gasteiger charge is -2.15. The van der Waals surface area contributed by atoms with Crippen molar-refractivity contribution >= 4 is 0 Å². The average Bonchev–Trinajstić information content (AvgIpc) is 2.86. The number of aryl methyl sites for hydroxylation is 1. The Morgan fingerprint density at radius 3 is 2.88 bits per heavy atom. The van der Waals surface area contributed by atoms with Crippen LogP contribution in [0.25, 0.3) is 0 Å². The molecule has 4 nitrogen and oxygen atoms in total. The molecule has 1 aromatic heterocycles. The average molecular weight is 232 g/mol. The number of methoxy groups -OCH3 is 1. The van der Waals surface area contributed by atoms with E-state index in [4.69, 9.17) is 4.74 Å². The first-order valence-corrected chi connectivity index (χ1v) is 5.60. The predicted octanol–water partition coefficient (Wildman–Crippen LogP) is 1.99. The highest BCUT2D eigenvalue weighted by molar-refractivity contribution is 5.37. The Balaban J connectivity index is 2.40. The minimum Gasteiger partial charge on any atom is -0.496 e. The van der Waals surface area contributed by atoms with Crippen molar-refractivity contribution in [3.63, 3.8) is 0 Å². The smallest absolute Gasteiger partial charge is 0.142 e. The van der Waals surface area contributed by atoms with Crippen molar-refractivity contribution in [1.29, 1.82) is 0 Å². The van der Waals surface area contributed by atoms with Crippen LogP contribution in [0.5, 0.6) is 5.75 Å². The fraction of sp³-hybridized carbons (Fsp3) is 0.308. The molecule has 17 heavy (non-hydrogen) atoms. The summed E-state index contributed by atoms with van der Waals surface area (Å²) >= 11 is 0. The van der Waals surface area contributed by atoms with Crippen LogP contribution in [0, 0.1) is 0 Å². The van der Waals surface area contributed by atoms with Gasteiger partial charge in [0.05, 0.1) is 7.11 Å². The fourth-order valence-electron chi connectivity index (χ4n) is 1.87. The zero-order valence-electron chi connectivity index (χ0n) is 10.00. The molecule has 0 spiro atoms. The molecule has 0 bridgehead atoms. The molecule has 1 aromatic carbocycles. The quantitative estimate of drug-likeness (QED) is 0.877. The molecule has 0 aliphatic rings. The van der Waals surface area contributed by atoms with Crippen LogP contribution in [0.2, 0.25) is 0 Å². The Morgan fingerprint density at radius 1 is 1.41 bits per heavy atom. The maximum Gasteiger partial charge on any atom is 0.142 e. The van der Waals surface area contributed by atoms with Gasteiger partial charge in [-0.1, -0.05) is 18.2 Å². The monoisotopic (exact) mass is 232 g/mol. The van der Waals surface area contributed by atoms with Crippen molar-refractivity contribution in [1.82, 2.24) is 9.55 Å². The molecule has 1 N–H and O–H groups in total. The van der Waals surface area contributed by atoms with Gasteiger partial charge in [0.2, 0.25) is 0 Å². The summed E-state index contributed by atoms with van der Waals surface area (Å²) in [5.41, 5.74) is 0.732. The van der Waals surface area contributed by atoms with Crippen molar-refractivity contribution in [2.45, 2.75) is 19.6 Å². The largest absolute Gasteiger partial charge is 0.496 e. The molecule has 0 unspecified atom stereocenters. The Bertz CT molecular complexity index is 494. The molecule has 4 heteroatoms. The van der Waals surface area contributed by atoms with Gasteiger partial charge < -0.3 is 14.4 Å². The van der Waals surface area contributed by atoms with Crippen molar-refractivity contribution in [3.05, 3.63) is 48.0 Å². The van der Waals surface area contributed by atoms with Gasteiger partial charge in [-0.15, -0.1) is 0 Å². The van der Waals surface area contributed by atoms with E-state index in [9.17, 15) is 5.11 Å². The molecule has 0 aliphatic carbocycles. The maximum atomic E-state index is 10.3. The van der Waals surface area contributed by atoms with E-state index >= 15 is 0 Å². The molecule has 2 aromatic rings. The SMILES string of the molecule is CCn1ccnc1[C@@H](O)c1ccccc1OC. The number of imidazole rings is 1. The first kappa shape index (κ1) is 11.7. The Hall–Kier alpha value is -1.81. The third kappa shape index (κ3) is 2.17. The summed E-state index contributed by atoms with van der Waals surface area (Å²) in [5.74, 6) is 1.31. The Labute approximate surface area is 100 Å². The van der Waals surface area contributed by atoms with Gasteiger partial charge >= 0.3 is 0 Å². The van der Waals surface area contributed by atoms with Crippen LogP contribution in [0.1, 0.15) is 24.4 Å². The van der Waals surface area contributed by atoms with E-state index < -0.39 is 6.10 Å². The van der Waals surface area contributed by atoms with Gasteiger partial charge in [0.25, 0.3) is 0 Å². The van der Waals surface area contributed by atoms with Crippen LogP contribution in [0.15, 0.2) is 36.7 Å². The first-order valence-electron chi connectivity index (χ1n) is 5.60. The summed E-state index contributed by atoms with van der Waals surface area (Å²) in [4.78, 5) is 4.20. The number of rotatable bonds is 4. The van der Waals surface area contributed by atoms with Gasteiger partial charge in [0, 0.05) is 24.5 Å². The molecule has 2 rings (SSSR count). The highest BCUT2D eigenvalue weighted by Gasteiger charge is 2.18. The van der Waals surface area contributed by atoms with Crippen molar-refractivity contribution in [2.24, 2.45) is 0 Å². The van der Waals surface area contributed by atoms with Gasteiger partial charge in [-0.05, 0) is 13.0 Å². The molecule has 0 fully saturated rings. The number of aliphatic hydroxyl groups is 1. The fourth-order valence-corrected chi connectivity index (χ4v) is 1.87. The number of ether oxygens (including phenoxy) is 1. The van der Waals surface area contributed by atoms with E-state index in [2.05, 4.69) is 4.98 Å². The maximum absolute atomic E-state index is 10.3. The third-order valence-corrected chi connectivity index (χ3v) is 2.77. The minimum absolute atomic E-state index is 0.636. The number of benzene rings is 1. The van der Waals surface area contributed by atoms with E-state index in [1.807, 2.05) is 42.0 Å². The van der Waals surface area contributed by atoms with E-state index in [1.165, 1.54) is 0 Å². The zero-order chi connectivity index (χ0) is 12.3. The molecular weight excluding hydrogens is 216 g/mol. The summed E-state index contributed by atoms with van der Waals surface area (Å²) in [5, 5.41) is 10.3. The molecule has 1 heterocycles. The second-order valence-corrected chi connectivity index (χ2v) is 3.72. The van der Waals surface area contributed by atoms with E-state index in [0.717, 1.165) is 12.1 Å². The lowest BCUT2D eigenvalue weighted by Crippen LogP contribution is -2.09. The summed E-state index contributed by atoms with van der Waals surface area (Å²) in [7, 11) is 1.60. The molecule has 0 radical (unpaired) electrons. The summed E-state index contributed by atoms with van der Waals surface area (Å²) < 4.78 is 7.15. The molecular formula is C13H16N2O2. The molecule has 0 saturated carbocycles. The summed E-state index contributed by atoms with van der Waals surface area (Å²) in [6.07, 6.45) is 2.78. The molecule has 1 atom stereocenters. The highest BCUT2D eigenvalue weighted by Crippen LogP contribution is 2.28. The van der Waals surface area contributed by atoms with Crippen LogP contribution < -0.4 is 4.74 Å². The van der Waals surface area contributed by atoms with E-state index in [0.29, 0.717) is 11.6 Å². The van der Waals surface area contributed by atoms with Crippen molar-refractivity contribution in [3.8, 4) is 5.75 Å². The standard InChI is InChI=1S/C13H16N2O2/c1-3-15-9-8-14-13(15)12(16)10-6-4-5-7-11(10)17-2/h4-9,12,16H,3H2,1-2H3/t12-/m0/s1. The second-order valence-electron chi connectivity index (χ2n) is 3.72. The zero-order valence-corrected chi connectivity index (χ0v) is 10.00. The highest BCUT2D eigenvalue weighted by atomic mass is 16.5. The van der Waals surface area contributed by atoms with Gasteiger partial charge in [0.1, 0.15) is 17.7 Å². The first-order chi connectivity index (χ1) is 8.27. The lowest BCUT2D eigenvalue weighted by atomic mass is 10.1. The van der Waals surface area contributed by atoms with E-state index in [1.54, 1.807) is 13.3 Å². The Kier molecular flexibility index (Phi) is 3.44. The number of aromatic nitrogens is 2. The Morgan fingerprint density at radius 2 is 2.18 bits per heavy atom. The summed E-state index contributed by atoms with van der Waals surface area (Å²) in [6.45, 7) is 2.79. The van der Waals surface area contributed by atoms with Gasteiger partial charge in [-0.25, -0.2) is 4.98 Å². The number of hydrogen-bond acceptors (Lipinski definition) is 3. The third-order valence-electron chi connectivity index (χ3n) is 2.77. The number of aliphatic hydroxyl groups excluding tert-OH is 1. The second kappa shape index (κ2) is 5.01. The van der Waals surface area contributed by atoms with E-state index in [-0.39, 0.29) is 0 Å². The molecule has 0 saturated heterocycles. The van der Waals surface area contributed by atoms with Gasteiger partial charge in [0.15, 0.2) is 0 Å². The topological polar surface area (TPSA) is 47.3 Å². The molecule has 0 aliphatic heterocycles. The number of nitrogens with zero attached hydrogens (tertiary/aromatic N) is 2. The minimum atomic E-state index is -0.763. The number of hydrogen-bond donors (Lipinski definition) is 1. The van der Waals surface area contributed by atoms with Gasteiger partial charge in [-0.3, -0.25) is 0 Å². The normalized spacial score (nSPS) is 12.4. The van der Waals surface area contributed by atoms with Crippen LogP contribution in [-0.4, -0.2) is 21.8 Å². The van der Waals surface area contributed by atoms with Crippen LogP contribution >= 0.6 is 0 Å². The van der Waals surface area contributed by atoms with Crippen molar-refractivity contribution < 1.29 is 9.84 Å². The lowest BCUT2D eigenvalue weighted by molar-refractivity contribution is 0.200. The number of para-hydroxylation sites is 1. The van der Waals surface area contributed by atoms with Gasteiger partial charge in [-0.2, -0.15) is 0 Å².